The normalized spacial score (nSPS) is 11.8. The molecular formula is C12H7BrN2O2. The summed E-state index contributed by atoms with van der Waals surface area (Å²) < 4.78 is 5.62. The largest absolute Gasteiger partial charge is 0.446 e. The average molecular weight is 291 g/mol. The molecular weight excluding hydrogens is 284 g/mol. The molecule has 2 rings (SSSR count). The molecule has 0 bridgehead atoms. The van der Waals surface area contributed by atoms with E-state index in [2.05, 4.69) is 20.9 Å². The van der Waals surface area contributed by atoms with E-state index in [-0.39, 0.29) is 11.5 Å². The number of hydrogen-bond acceptors (Lipinski definition) is 4. The first-order valence-corrected chi connectivity index (χ1v) is 5.61. The number of pyridine rings is 1. The maximum Gasteiger partial charge on any atom is 0.219 e. The molecule has 0 saturated carbocycles. The minimum atomic E-state index is -0.865. The molecule has 2 heterocycles. The fourth-order valence-corrected chi connectivity index (χ4v) is 1.74. The zero-order valence-electron chi connectivity index (χ0n) is 8.63. The fourth-order valence-electron chi connectivity index (χ4n) is 1.43. The molecule has 0 saturated heterocycles. The SMILES string of the molecule is N#CC(C(=O)c1ccc(Br)o1)c1ccncc1. The van der Waals surface area contributed by atoms with Crippen LogP contribution in [0.1, 0.15) is 22.0 Å². The van der Waals surface area contributed by atoms with Gasteiger partial charge in [0.05, 0.1) is 6.07 Å². The lowest BCUT2D eigenvalue weighted by Gasteiger charge is -2.05. The molecule has 0 radical (unpaired) electrons. The number of nitriles is 1. The summed E-state index contributed by atoms with van der Waals surface area (Å²) in [5.74, 6) is -1.05. The monoisotopic (exact) mass is 290 g/mol. The van der Waals surface area contributed by atoms with Crippen molar-refractivity contribution in [3.63, 3.8) is 0 Å². The van der Waals surface area contributed by atoms with E-state index < -0.39 is 5.92 Å². The lowest BCUT2D eigenvalue weighted by atomic mass is 9.96. The van der Waals surface area contributed by atoms with Crippen molar-refractivity contribution in [2.75, 3.05) is 0 Å². The molecule has 2 aromatic heterocycles. The Balaban J connectivity index is 2.32. The Hall–Kier alpha value is -1.93. The Morgan fingerprint density at radius 3 is 2.59 bits per heavy atom. The molecule has 0 N–H and O–H groups in total. The van der Waals surface area contributed by atoms with Crippen LogP contribution in [0.3, 0.4) is 0 Å². The summed E-state index contributed by atoms with van der Waals surface area (Å²) in [7, 11) is 0. The molecule has 1 atom stereocenters. The van der Waals surface area contributed by atoms with Gasteiger partial charge >= 0.3 is 0 Å². The number of Topliss-reactive ketones (excluding diaryl/α,β-unsaturated/α-hetero) is 1. The Bertz CT molecular complexity index is 572. The van der Waals surface area contributed by atoms with Crippen LogP contribution in [0.5, 0.6) is 0 Å². The van der Waals surface area contributed by atoms with E-state index in [1.807, 2.05) is 6.07 Å². The van der Waals surface area contributed by atoms with Gasteiger partial charge in [-0.05, 0) is 45.8 Å². The van der Waals surface area contributed by atoms with Gasteiger partial charge < -0.3 is 4.42 Å². The quantitative estimate of drug-likeness (QED) is 0.815. The van der Waals surface area contributed by atoms with Gasteiger partial charge in [0.1, 0.15) is 5.92 Å². The number of carbonyl (C=O) groups is 1. The molecule has 84 valence electrons. The lowest BCUT2D eigenvalue weighted by molar-refractivity contribution is 0.0950. The highest BCUT2D eigenvalue weighted by Crippen LogP contribution is 2.22. The molecule has 0 amide bonds. The van der Waals surface area contributed by atoms with Crippen LogP contribution in [0, 0.1) is 11.3 Å². The molecule has 0 aliphatic rings. The molecule has 1 unspecified atom stereocenters. The second-order valence-corrected chi connectivity index (χ2v) is 4.09. The van der Waals surface area contributed by atoms with Gasteiger partial charge in [0, 0.05) is 12.4 Å². The summed E-state index contributed by atoms with van der Waals surface area (Å²) in [5.41, 5.74) is 0.611. The predicted molar refractivity (Wildman–Crippen MR) is 63.3 cm³/mol. The number of aromatic nitrogens is 1. The van der Waals surface area contributed by atoms with Crippen LogP contribution in [0.4, 0.5) is 0 Å². The van der Waals surface area contributed by atoms with E-state index in [1.54, 1.807) is 30.6 Å². The second-order valence-electron chi connectivity index (χ2n) is 3.31. The fraction of sp³-hybridized carbons (Fsp3) is 0.0833. The van der Waals surface area contributed by atoms with Crippen molar-refractivity contribution < 1.29 is 9.21 Å². The third kappa shape index (κ3) is 2.43. The van der Waals surface area contributed by atoms with Crippen LogP contribution in [-0.4, -0.2) is 10.8 Å². The maximum absolute atomic E-state index is 12.0. The van der Waals surface area contributed by atoms with Crippen LogP contribution in [0.25, 0.3) is 0 Å². The van der Waals surface area contributed by atoms with Gasteiger partial charge in [0.15, 0.2) is 10.4 Å². The van der Waals surface area contributed by atoms with Gasteiger partial charge in [0.25, 0.3) is 0 Å². The summed E-state index contributed by atoms with van der Waals surface area (Å²) in [6.45, 7) is 0. The van der Waals surface area contributed by atoms with Crippen molar-refractivity contribution in [2.24, 2.45) is 0 Å². The number of halogens is 1. The third-order valence-corrected chi connectivity index (χ3v) is 2.67. The van der Waals surface area contributed by atoms with E-state index in [0.717, 1.165) is 0 Å². The summed E-state index contributed by atoms with van der Waals surface area (Å²) >= 11 is 3.12. The van der Waals surface area contributed by atoms with Crippen molar-refractivity contribution in [3.05, 3.63) is 52.7 Å². The number of nitrogens with zero attached hydrogens (tertiary/aromatic N) is 2. The molecule has 0 spiro atoms. The number of ketones is 1. The second kappa shape index (κ2) is 4.93. The zero-order valence-corrected chi connectivity index (χ0v) is 10.2. The zero-order chi connectivity index (χ0) is 12.3. The van der Waals surface area contributed by atoms with Crippen LogP contribution in [0.2, 0.25) is 0 Å². The Morgan fingerprint density at radius 1 is 1.35 bits per heavy atom. The Labute approximate surface area is 106 Å². The summed E-state index contributed by atoms with van der Waals surface area (Å²) in [6, 6.07) is 8.42. The van der Waals surface area contributed by atoms with Gasteiger partial charge in [-0.2, -0.15) is 5.26 Å². The molecule has 0 aliphatic carbocycles. The smallest absolute Gasteiger partial charge is 0.219 e. The Morgan fingerprint density at radius 2 is 2.06 bits per heavy atom. The van der Waals surface area contributed by atoms with Crippen LogP contribution >= 0.6 is 15.9 Å². The molecule has 0 fully saturated rings. The molecule has 0 aliphatic heterocycles. The van der Waals surface area contributed by atoms with E-state index in [0.29, 0.717) is 10.2 Å². The number of furan rings is 1. The minimum Gasteiger partial charge on any atom is -0.446 e. The number of hydrogen-bond donors (Lipinski definition) is 0. The van der Waals surface area contributed by atoms with E-state index in [4.69, 9.17) is 9.68 Å². The topological polar surface area (TPSA) is 66.9 Å². The van der Waals surface area contributed by atoms with Gasteiger partial charge in [-0.3, -0.25) is 9.78 Å². The average Bonchev–Trinajstić information content (AvgIpc) is 2.78. The molecule has 4 nitrogen and oxygen atoms in total. The highest BCUT2D eigenvalue weighted by atomic mass is 79.9. The third-order valence-electron chi connectivity index (χ3n) is 2.25. The van der Waals surface area contributed by atoms with Gasteiger partial charge in [-0.25, -0.2) is 0 Å². The number of rotatable bonds is 3. The van der Waals surface area contributed by atoms with Crippen molar-refractivity contribution in [1.82, 2.24) is 4.98 Å². The molecule has 0 aromatic carbocycles. The van der Waals surface area contributed by atoms with Crippen molar-refractivity contribution in [3.8, 4) is 6.07 Å². The Kier molecular flexibility index (Phi) is 3.35. The molecule has 2 aromatic rings. The minimum absolute atomic E-state index is 0.167. The first-order valence-electron chi connectivity index (χ1n) is 4.81. The highest BCUT2D eigenvalue weighted by molar-refractivity contribution is 9.10. The van der Waals surface area contributed by atoms with E-state index in [1.165, 1.54) is 6.07 Å². The lowest BCUT2D eigenvalue weighted by Crippen LogP contribution is -2.10. The van der Waals surface area contributed by atoms with Crippen LogP contribution in [-0.2, 0) is 0 Å². The van der Waals surface area contributed by atoms with Crippen molar-refractivity contribution in [1.29, 1.82) is 5.26 Å². The van der Waals surface area contributed by atoms with Gasteiger partial charge in [-0.1, -0.05) is 0 Å². The van der Waals surface area contributed by atoms with Gasteiger partial charge in [0.2, 0.25) is 5.78 Å². The first-order chi connectivity index (χ1) is 8.22. The van der Waals surface area contributed by atoms with Crippen LogP contribution < -0.4 is 0 Å². The van der Waals surface area contributed by atoms with Crippen LogP contribution in [0.15, 0.2) is 45.7 Å². The maximum atomic E-state index is 12.0. The van der Waals surface area contributed by atoms with E-state index in [9.17, 15) is 4.79 Å². The molecule has 17 heavy (non-hydrogen) atoms. The standard InChI is InChI=1S/C12H7BrN2O2/c13-11-2-1-10(17-11)12(16)9(7-14)8-3-5-15-6-4-8/h1-6,9H. The van der Waals surface area contributed by atoms with Crippen molar-refractivity contribution in [2.45, 2.75) is 5.92 Å². The highest BCUT2D eigenvalue weighted by Gasteiger charge is 2.24. The summed E-state index contributed by atoms with van der Waals surface area (Å²) in [4.78, 5) is 15.9. The summed E-state index contributed by atoms with van der Waals surface area (Å²) in [6.07, 6.45) is 3.09. The van der Waals surface area contributed by atoms with Crippen molar-refractivity contribution >= 4 is 21.7 Å². The molecule has 5 heteroatoms. The van der Waals surface area contributed by atoms with E-state index >= 15 is 0 Å². The summed E-state index contributed by atoms with van der Waals surface area (Å²) in [5, 5.41) is 9.07. The predicted octanol–water partition coefficient (Wildman–Crippen LogP) is 2.93. The number of carbonyl (C=O) groups excluding carboxylic acids is 1. The van der Waals surface area contributed by atoms with Gasteiger partial charge in [-0.15, -0.1) is 0 Å². The first kappa shape index (κ1) is 11.6.